The molecule has 1 aliphatic rings. The van der Waals surface area contributed by atoms with E-state index in [0.29, 0.717) is 31.9 Å². The van der Waals surface area contributed by atoms with E-state index < -0.39 is 10.0 Å². The molecule has 33 heavy (non-hydrogen) atoms. The standard InChI is InChI=1S/C22H24N4O5S2/c1-30-17-6-8-19(9-7-17)33(28,29)24-22-23-20(15-32-22)21(27)26-12-10-25(11-13-26)16-4-3-5-18(14-16)31-2/h3-9,14-15H,10-13H2,1-2H3,(H,23,24). The SMILES string of the molecule is COc1ccc(S(=O)(=O)Nc2nc(C(=O)N3CCN(c4cccc(OC)c4)CC3)cs2)cc1. The molecule has 9 nitrogen and oxygen atoms in total. The third kappa shape index (κ3) is 5.20. The normalized spacial score (nSPS) is 14.1. The molecule has 2 heterocycles. The monoisotopic (exact) mass is 488 g/mol. The average Bonchev–Trinajstić information content (AvgIpc) is 3.31. The number of piperazine rings is 1. The smallest absolute Gasteiger partial charge is 0.273 e. The van der Waals surface area contributed by atoms with Crippen LogP contribution in [0.5, 0.6) is 11.5 Å². The predicted octanol–water partition coefficient (Wildman–Crippen LogP) is 2.92. The van der Waals surface area contributed by atoms with Gasteiger partial charge in [0.2, 0.25) is 0 Å². The van der Waals surface area contributed by atoms with Crippen LogP contribution in [0.15, 0.2) is 58.8 Å². The highest BCUT2D eigenvalue weighted by Gasteiger charge is 2.25. The Labute approximate surface area is 196 Å². The number of aromatic nitrogens is 1. The van der Waals surface area contributed by atoms with Gasteiger partial charge in [-0.2, -0.15) is 0 Å². The number of rotatable bonds is 7. The Morgan fingerprint density at radius 3 is 2.36 bits per heavy atom. The fraction of sp³-hybridized carbons (Fsp3) is 0.273. The van der Waals surface area contributed by atoms with Crippen LogP contribution in [0.2, 0.25) is 0 Å². The van der Waals surface area contributed by atoms with Gasteiger partial charge in [-0.3, -0.25) is 9.52 Å². The quantitative estimate of drug-likeness (QED) is 0.546. The highest BCUT2D eigenvalue weighted by atomic mass is 32.2. The third-order valence-electron chi connectivity index (χ3n) is 5.30. The molecule has 2 aromatic carbocycles. The number of thiazole rings is 1. The van der Waals surface area contributed by atoms with Crippen molar-refractivity contribution >= 4 is 38.1 Å². The molecule has 0 bridgehead atoms. The second-order valence-electron chi connectivity index (χ2n) is 7.30. The number of hydrogen-bond acceptors (Lipinski definition) is 8. The lowest BCUT2D eigenvalue weighted by molar-refractivity contribution is 0.0741. The van der Waals surface area contributed by atoms with Crippen LogP contribution in [0.3, 0.4) is 0 Å². The number of hydrogen-bond donors (Lipinski definition) is 1. The number of amides is 1. The first-order valence-electron chi connectivity index (χ1n) is 10.2. The Kier molecular flexibility index (Phi) is 6.70. The van der Waals surface area contributed by atoms with Crippen molar-refractivity contribution in [1.82, 2.24) is 9.88 Å². The largest absolute Gasteiger partial charge is 0.497 e. The lowest BCUT2D eigenvalue weighted by Gasteiger charge is -2.35. The van der Waals surface area contributed by atoms with Crippen LogP contribution in [0, 0.1) is 0 Å². The number of nitrogens with one attached hydrogen (secondary N) is 1. The average molecular weight is 489 g/mol. The second kappa shape index (κ2) is 9.67. The van der Waals surface area contributed by atoms with Crippen LogP contribution in [-0.2, 0) is 10.0 Å². The molecule has 1 aromatic heterocycles. The summed E-state index contributed by atoms with van der Waals surface area (Å²) in [6, 6.07) is 13.8. The molecule has 174 valence electrons. The Hall–Kier alpha value is -3.31. The number of carbonyl (C=O) groups excluding carboxylic acids is 1. The molecule has 1 fully saturated rings. The summed E-state index contributed by atoms with van der Waals surface area (Å²) in [6.07, 6.45) is 0. The molecule has 4 rings (SSSR count). The van der Waals surface area contributed by atoms with Gasteiger partial charge in [0, 0.05) is 43.3 Å². The summed E-state index contributed by atoms with van der Waals surface area (Å²) in [5.74, 6) is 1.13. The number of nitrogens with zero attached hydrogens (tertiary/aromatic N) is 3. The predicted molar refractivity (Wildman–Crippen MR) is 127 cm³/mol. The van der Waals surface area contributed by atoms with Gasteiger partial charge in [0.05, 0.1) is 19.1 Å². The first kappa shape index (κ1) is 22.9. The minimum Gasteiger partial charge on any atom is -0.497 e. The van der Waals surface area contributed by atoms with Crippen LogP contribution in [0.4, 0.5) is 10.8 Å². The zero-order valence-electron chi connectivity index (χ0n) is 18.2. The van der Waals surface area contributed by atoms with E-state index in [0.717, 1.165) is 22.8 Å². The number of ether oxygens (including phenoxy) is 2. The lowest BCUT2D eigenvalue weighted by atomic mass is 10.2. The minimum atomic E-state index is -3.82. The number of anilines is 2. The van der Waals surface area contributed by atoms with Gasteiger partial charge in [-0.1, -0.05) is 6.07 Å². The number of benzene rings is 2. The summed E-state index contributed by atoms with van der Waals surface area (Å²) in [5, 5.41) is 1.71. The van der Waals surface area contributed by atoms with E-state index >= 15 is 0 Å². The van der Waals surface area contributed by atoms with Crippen molar-refractivity contribution in [3.8, 4) is 11.5 Å². The molecule has 0 atom stereocenters. The first-order chi connectivity index (χ1) is 15.9. The molecule has 0 unspecified atom stereocenters. The van der Waals surface area contributed by atoms with Crippen molar-refractivity contribution in [2.45, 2.75) is 4.90 Å². The van der Waals surface area contributed by atoms with Crippen molar-refractivity contribution < 1.29 is 22.7 Å². The highest BCUT2D eigenvalue weighted by Crippen LogP contribution is 2.24. The van der Waals surface area contributed by atoms with Crippen LogP contribution >= 0.6 is 11.3 Å². The molecule has 0 spiro atoms. The fourth-order valence-electron chi connectivity index (χ4n) is 3.48. The van der Waals surface area contributed by atoms with Crippen LogP contribution in [0.1, 0.15) is 10.5 Å². The topological polar surface area (TPSA) is 101 Å². The zero-order valence-corrected chi connectivity index (χ0v) is 19.9. The van der Waals surface area contributed by atoms with Gasteiger partial charge in [-0.05, 0) is 36.4 Å². The third-order valence-corrected chi connectivity index (χ3v) is 7.54. The molecule has 3 aromatic rings. The highest BCUT2D eigenvalue weighted by molar-refractivity contribution is 7.93. The van der Waals surface area contributed by atoms with E-state index in [9.17, 15) is 13.2 Å². The summed E-state index contributed by atoms with van der Waals surface area (Å²) >= 11 is 1.07. The molecular formula is C22H24N4O5S2. The minimum absolute atomic E-state index is 0.0834. The maximum Gasteiger partial charge on any atom is 0.273 e. The van der Waals surface area contributed by atoms with E-state index in [4.69, 9.17) is 9.47 Å². The molecule has 1 saturated heterocycles. The summed E-state index contributed by atoms with van der Waals surface area (Å²) in [6.45, 7) is 2.45. The van der Waals surface area contributed by atoms with Gasteiger partial charge in [0.25, 0.3) is 15.9 Å². The Balaban J connectivity index is 1.38. The van der Waals surface area contributed by atoms with Gasteiger partial charge in [0.15, 0.2) is 5.13 Å². The Bertz CT molecular complexity index is 1220. The molecule has 0 radical (unpaired) electrons. The van der Waals surface area contributed by atoms with Crippen molar-refractivity contribution in [2.24, 2.45) is 0 Å². The van der Waals surface area contributed by atoms with Gasteiger partial charge >= 0.3 is 0 Å². The van der Waals surface area contributed by atoms with E-state index in [1.165, 1.54) is 19.2 Å². The number of carbonyl (C=O) groups is 1. The maximum absolute atomic E-state index is 12.9. The van der Waals surface area contributed by atoms with Crippen molar-refractivity contribution in [3.63, 3.8) is 0 Å². The van der Waals surface area contributed by atoms with Crippen LogP contribution < -0.4 is 19.1 Å². The van der Waals surface area contributed by atoms with E-state index in [-0.39, 0.29) is 21.6 Å². The summed E-state index contributed by atoms with van der Waals surface area (Å²) in [7, 11) is -0.676. The van der Waals surface area contributed by atoms with Crippen molar-refractivity contribution in [3.05, 3.63) is 59.6 Å². The molecule has 1 amide bonds. The molecule has 11 heteroatoms. The van der Waals surface area contributed by atoms with Crippen LogP contribution in [-0.4, -0.2) is 64.6 Å². The Morgan fingerprint density at radius 2 is 1.70 bits per heavy atom. The van der Waals surface area contributed by atoms with Crippen molar-refractivity contribution in [2.75, 3.05) is 50.0 Å². The molecular weight excluding hydrogens is 464 g/mol. The zero-order chi connectivity index (χ0) is 23.4. The fourth-order valence-corrected chi connectivity index (χ4v) is 5.42. The molecule has 0 aliphatic carbocycles. The lowest BCUT2D eigenvalue weighted by Crippen LogP contribution is -2.48. The number of methoxy groups -OCH3 is 2. The maximum atomic E-state index is 12.9. The van der Waals surface area contributed by atoms with Gasteiger partial charge in [-0.25, -0.2) is 13.4 Å². The molecule has 1 N–H and O–H groups in total. The van der Waals surface area contributed by atoms with E-state index in [2.05, 4.69) is 14.6 Å². The van der Waals surface area contributed by atoms with Gasteiger partial charge in [-0.15, -0.1) is 11.3 Å². The van der Waals surface area contributed by atoms with Crippen LogP contribution in [0.25, 0.3) is 0 Å². The number of sulfonamides is 1. The second-order valence-corrected chi connectivity index (χ2v) is 9.84. The van der Waals surface area contributed by atoms with E-state index in [1.807, 2.05) is 24.3 Å². The molecule has 0 saturated carbocycles. The summed E-state index contributed by atoms with van der Waals surface area (Å²) in [5.41, 5.74) is 1.27. The Morgan fingerprint density at radius 1 is 1.00 bits per heavy atom. The first-order valence-corrected chi connectivity index (χ1v) is 12.6. The summed E-state index contributed by atoms with van der Waals surface area (Å²) < 4.78 is 38.0. The molecule has 1 aliphatic heterocycles. The summed E-state index contributed by atoms with van der Waals surface area (Å²) in [4.78, 5) is 21.1. The van der Waals surface area contributed by atoms with Gasteiger partial charge < -0.3 is 19.3 Å². The van der Waals surface area contributed by atoms with Crippen molar-refractivity contribution in [1.29, 1.82) is 0 Å². The van der Waals surface area contributed by atoms with Gasteiger partial charge in [0.1, 0.15) is 17.2 Å². The van der Waals surface area contributed by atoms with E-state index in [1.54, 1.807) is 29.5 Å².